The zero-order valence-electron chi connectivity index (χ0n) is 12.9. The van der Waals surface area contributed by atoms with Crippen LogP contribution in [-0.2, 0) is 9.53 Å². The Hall–Kier alpha value is -0.930. The van der Waals surface area contributed by atoms with Crippen molar-refractivity contribution in [1.82, 2.24) is 0 Å². The summed E-state index contributed by atoms with van der Waals surface area (Å²) >= 11 is 0. The average Bonchev–Trinajstić information content (AvgIpc) is 2.43. The number of hydrogen-bond acceptors (Lipinski definition) is 2. The summed E-state index contributed by atoms with van der Waals surface area (Å²) in [5.74, 6) is -0.902. The molecule has 118 valence electrons. The van der Waals surface area contributed by atoms with E-state index in [-0.39, 0.29) is 6.61 Å². The molecule has 0 N–H and O–H groups in total. The van der Waals surface area contributed by atoms with E-state index in [0.29, 0.717) is 0 Å². The number of esters is 1. The summed E-state index contributed by atoms with van der Waals surface area (Å²) in [6.45, 7) is 3.53. The molecule has 0 aromatic heterocycles. The Kier molecular flexibility index (Phi) is 12.5. The molecule has 0 aromatic rings. The number of carbonyl (C=O) groups is 1. The molecule has 0 saturated carbocycles. The third-order valence-corrected chi connectivity index (χ3v) is 3.32. The molecule has 0 saturated heterocycles. The third-order valence-electron chi connectivity index (χ3n) is 3.32. The molecule has 0 aliphatic carbocycles. The number of halogens is 2. The second kappa shape index (κ2) is 13.1. The van der Waals surface area contributed by atoms with Crippen LogP contribution in [-0.4, -0.2) is 12.6 Å². The maximum absolute atomic E-state index is 12.1. The molecule has 0 rings (SSSR count). The standard InChI is InChI=1S/C16H28F2O2/c1-3-4-5-6-7-8-9-10-11-12-13-20-16(19)14(2)15(17)18/h3-13H2,1-2H3. The summed E-state index contributed by atoms with van der Waals surface area (Å²) in [6, 6.07) is 0. The Morgan fingerprint density at radius 3 is 1.75 bits per heavy atom. The Balaban J connectivity index is 3.29. The van der Waals surface area contributed by atoms with Crippen LogP contribution >= 0.6 is 0 Å². The highest BCUT2D eigenvalue weighted by Crippen LogP contribution is 2.11. The van der Waals surface area contributed by atoms with Crippen molar-refractivity contribution in [3.63, 3.8) is 0 Å². The van der Waals surface area contributed by atoms with Gasteiger partial charge in [-0.25, -0.2) is 4.79 Å². The molecule has 0 spiro atoms. The zero-order valence-corrected chi connectivity index (χ0v) is 12.9. The van der Waals surface area contributed by atoms with E-state index in [1.165, 1.54) is 44.9 Å². The lowest BCUT2D eigenvalue weighted by atomic mass is 10.1. The van der Waals surface area contributed by atoms with Gasteiger partial charge in [-0.2, -0.15) is 8.78 Å². The second-order valence-electron chi connectivity index (χ2n) is 5.20. The highest BCUT2D eigenvalue weighted by atomic mass is 19.3. The molecule has 0 amide bonds. The van der Waals surface area contributed by atoms with Gasteiger partial charge in [0.1, 0.15) is 0 Å². The first-order chi connectivity index (χ1) is 9.59. The molecular formula is C16H28F2O2. The van der Waals surface area contributed by atoms with Crippen molar-refractivity contribution < 1.29 is 18.3 Å². The predicted octanol–water partition coefficient (Wildman–Crippen LogP) is 5.62. The number of rotatable bonds is 12. The van der Waals surface area contributed by atoms with E-state index >= 15 is 0 Å². The van der Waals surface area contributed by atoms with Gasteiger partial charge in [0, 0.05) is 0 Å². The van der Waals surface area contributed by atoms with Gasteiger partial charge in [-0.1, -0.05) is 64.7 Å². The van der Waals surface area contributed by atoms with Gasteiger partial charge in [0.2, 0.25) is 0 Å². The molecular weight excluding hydrogens is 262 g/mol. The maximum atomic E-state index is 12.1. The molecule has 0 aliphatic rings. The monoisotopic (exact) mass is 290 g/mol. The highest BCUT2D eigenvalue weighted by Gasteiger charge is 2.11. The van der Waals surface area contributed by atoms with E-state index < -0.39 is 17.6 Å². The van der Waals surface area contributed by atoms with Gasteiger partial charge in [0.05, 0.1) is 12.2 Å². The fourth-order valence-electron chi connectivity index (χ4n) is 1.94. The largest absolute Gasteiger partial charge is 0.462 e. The first kappa shape index (κ1) is 19.1. The molecule has 0 aromatic carbocycles. The third kappa shape index (κ3) is 10.9. The van der Waals surface area contributed by atoms with Crippen molar-refractivity contribution in [3.05, 3.63) is 11.7 Å². The van der Waals surface area contributed by atoms with Gasteiger partial charge in [-0.15, -0.1) is 0 Å². The van der Waals surface area contributed by atoms with Crippen LogP contribution in [0.5, 0.6) is 0 Å². The SMILES string of the molecule is CCCCCCCCCCCCOC(=O)C(C)=C(F)F. The van der Waals surface area contributed by atoms with Crippen molar-refractivity contribution in [2.24, 2.45) is 0 Å². The van der Waals surface area contributed by atoms with Crippen LogP contribution in [0.3, 0.4) is 0 Å². The van der Waals surface area contributed by atoms with Crippen LogP contribution in [0, 0.1) is 0 Å². The smallest absolute Gasteiger partial charge is 0.339 e. The average molecular weight is 290 g/mol. The van der Waals surface area contributed by atoms with E-state index in [0.717, 1.165) is 26.2 Å². The van der Waals surface area contributed by atoms with E-state index in [1.54, 1.807) is 0 Å². The van der Waals surface area contributed by atoms with E-state index in [9.17, 15) is 13.6 Å². The Morgan fingerprint density at radius 2 is 1.30 bits per heavy atom. The molecule has 0 atom stereocenters. The number of unbranched alkanes of at least 4 members (excludes halogenated alkanes) is 9. The summed E-state index contributed by atoms with van der Waals surface area (Å²) in [5.41, 5.74) is -0.586. The Morgan fingerprint density at radius 1 is 0.850 bits per heavy atom. The van der Waals surface area contributed by atoms with Crippen LogP contribution in [0.15, 0.2) is 11.7 Å². The quantitative estimate of drug-likeness (QED) is 0.265. The van der Waals surface area contributed by atoms with Gasteiger partial charge in [0.15, 0.2) is 0 Å². The van der Waals surface area contributed by atoms with Crippen LogP contribution in [0.2, 0.25) is 0 Å². The lowest BCUT2D eigenvalue weighted by Gasteiger charge is -2.04. The molecule has 2 nitrogen and oxygen atoms in total. The van der Waals surface area contributed by atoms with Crippen LogP contribution in [0.1, 0.15) is 78.1 Å². The molecule has 4 heteroatoms. The lowest BCUT2D eigenvalue weighted by molar-refractivity contribution is -0.139. The van der Waals surface area contributed by atoms with Crippen LogP contribution in [0.25, 0.3) is 0 Å². The molecule has 0 fully saturated rings. The van der Waals surface area contributed by atoms with Gasteiger partial charge < -0.3 is 4.74 Å². The highest BCUT2D eigenvalue weighted by molar-refractivity contribution is 5.87. The molecule has 0 radical (unpaired) electrons. The number of ether oxygens (including phenoxy) is 1. The fraction of sp³-hybridized carbons (Fsp3) is 0.812. The van der Waals surface area contributed by atoms with Gasteiger partial charge in [0.25, 0.3) is 6.08 Å². The van der Waals surface area contributed by atoms with Crippen LogP contribution < -0.4 is 0 Å². The topological polar surface area (TPSA) is 26.3 Å². The summed E-state index contributed by atoms with van der Waals surface area (Å²) < 4.78 is 28.9. The van der Waals surface area contributed by atoms with Gasteiger partial charge >= 0.3 is 5.97 Å². The molecule has 20 heavy (non-hydrogen) atoms. The van der Waals surface area contributed by atoms with Crippen molar-refractivity contribution in [2.75, 3.05) is 6.61 Å². The number of carbonyl (C=O) groups excluding carboxylic acids is 1. The van der Waals surface area contributed by atoms with E-state index in [4.69, 9.17) is 4.74 Å². The van der Waals surface area contributed by atoms with Gasteiger partial charge in [-0.3, -0.25) is 0 Å². The minimum absolute atomic E-state index is 0.236. The Labute approximate surface area is 121 Å². The van der Waals surface area contributed by atoms with Gasteiger partial charge in [-0.05, 0) is 13.3 Å². The summed E-state index contributed by atoms with van der Waals surface area (Å²) in [4.78, 5) is 11.1. The van der Waals surface area contributed by atoms with Crippen molar-refractivity contribution in [3.8, 4) is 0 Å². The second-order valence-corrected chi connectivity index (χ2v) is 5.20. The minimum atomic E-state index is -1.96. The summed E-state index contributed by atoms with van der Waals surface area (Å²) in [7, 11) is 0. The van der Waals surface area contributed by atoms with Crippen molar-refractivity contribution in [2.45, 2.75) is 78.1 Å². The molecule has 0 bridgehead atoms. The Bertz CT molecular complexity index is 284. The van der Waals surface area contributed by atoms with E-state index in [1.807, 2.05) is 0 Å². The van der Waals surface area contributed by atoms with Crippen molar-refractivity contribution >= 4 is 5.97 Å². The van der Waals surface area contributed by atoms with Crippen LogP contribution in [0.4, 0.5) is 8.78 Å². The summed E-state index contributed by atoms with van der Waals surface area (Å²) in [6.07, 6.45) is 9.95. The molecule has 0 aliphatic heterocycles. The normalized spacial score (nSPS) is 10.4. The van der Waals surface area contributed by atoms with E-state index in [2.05, 4.69) is 6.92 Å². The minimum Gasteiger partial charge on any atom is -0.462 e. The first-order valence-electron chi connectivity index (χ1n) is 7.78. The zero-order chi connectivity index (χ0) is 15.2. The number of hydrogen-bond donors (Lipinski definition) is 0. The summed E-state index contributed by atoms with van der Waals surface area (Å²) in [5, 5.41) is 0. The predicted molar refractivity (Wildman–Crippen MR) is 77.7 cm³/mol. The molecule has 0 unspecified atom stereocenters. The maximum Gasteiger partial charge on any atom is 0.339 e. The van der Waals surface area contributed by atoms with Crippen molar-refractivity contribution in [1.29, 1.82) is 0 Å². The fourth-order valence-corrected chi connectivity index (χ4v) is 1.94. The lowest BCUT2D eigenvalue weighted by Crippen LogP contribution is -2.07. The molecule has 0 heterocycles. The first-order valence-corrected chi connectivity index (χ1v) is 7.78.